The highest BCUT2D eigenvalue weighted by molar-refractivity contribution is 5.87. The Bertz CT molecular complexity index is 436. The Labute approximate surface area is 117 Å². The maximum atomic E-state index is 11.9. The molecule has 0 radical (unpaired) electrons. The third kappa shape index (κ3) is 4.99. The molecule has 0 aliphatic carbocycles. The third-order valence-electron chi connectivity index (χ3n) is 2.71. The van der Waals surface area contributed by atoms with Crippen LogP contribution in [0.2, 0.25) is 0 Å². The minimum atomic E-state index is -1.08. The zero-order valence-electron chi connectivity index (χ0n) is 11.4. The van der Waals surface area contributed by atoms with E-state index in [0.29, 0.717) is 6.42 Å². The molecule has 1 amide bonds. The van der Waals surface area contributed by atoms with Gasteiger partial charge >= 0.3 is 5.97 Å². The highest BCUT2D eigenvalue weighted by Gasteiger charge is 2.24. The van der Waals surface area contributed by atoms with E-state index >= 15 is 0 Å². The van der Waals surface area contributed by atoms with Crippen molar-refractivity contribution < 1.29 is 19.4 Å². The van der Waals surface area contributed by atoms with Crippen LogP contribution in [0.15, 0.2) is 30.3 Å². The molecule has 0 aliphatic rings. The third-order valence-corrected chi connectivity index (χ3v) is 2.71. The number of hydrogen-bond donors (Lipinski definition) is 3. The van der Waals surface area contributed by atoms with Crippen molar-refractivity contribution in [3.8, 4) is 0 Å². The fraction of sp³-hybridized carbons (Fsp3) is 0.429. The number of hydrogen-bond acceptors (Lipinski definition) is 5. The van der Waals surface area contributed by atoms with Crippen LogP contribution < -0.4 is 11.1 Å². The van der Waals surface area contributed by atoms with Crippen molar-refractivity contribution in [3.05, 3.63) is 35.9 Å². The van der Waals surface area contributed by atoms with Crippen molar-refractivity contribution in [2.75, 3.05) is 13.2 Å². The molecular formula is C14H20N2O4. The van der Waals surface area contributed by atoms with Crippen LogP contribution in [0, 0.1) is 0 Å². The number of nitrogens with two attached hydrogens (primary N) is 1. The van der Waals surface area contributed by atoms with E-state index in [4.69, 9.17) is 15.6 Å². The topological polar surface area (TPSA) is 102 Å². The number of ether oxygens (including phenoxy) is 1. The first kappa shape index (κ1) is 16.1. The number of aliphatic hydroxyl groups is 1. The van der Waals surface area contributed by atoms with Gasteiger partial charge in [-0.25, -0.2) is 4.79 Å². The van der Waals surface area contributed by atoms with E-state index < -0.39 is 30.6 Å². The van der Waals surface area contributed by atoms with Gasteiger partial charge in [-0.05, 0) is 18.9 Å². The van der Waals surface area contributed by atoms with Gasteiger partial charge in [0.1, 0.15) is 0 Å². The van der Waals surface area contributed by atoms with Gasteiger partial charge in [0.25, 0.3) is 0 Å². The van der Waals surface area contributed by atoms with Crippen LogP contribution in [0.4, 0.5) is 0 Å². The standard InChI is InChI=1S/C14H20N2O4/c1-2-20-14(19)12(9-17)16-13(18)11(15)8-10-6-4-3-5-7-10/h3-7,11-12,17H,2,8-9,15H2,1H3,(H,16,18)/t11-,12-/m0/s1. The summed E-state index contributed by atoms with van der Waals surface area (Å²) in [4.78, 5) is 23.3. The summed E-state index contributed by atoms with van der Waals surface area (Å²) in [5.74, 6) is -1.17. The first-order chi connectivity index (χ1) is 9.58. The maximum absolute atomic E-state index is 11.9. The van der Waals surface area contributed by atoms with Gasteiger partial charge in [-0.3, -0.25) is 4.79 Å². The lowest BCUT2D eigenvalue weighted by Crippen LogP contribution is -2.51. The van der Waals surface area contributed by atoms with Gasteiger partial charge in [-0.1, -0.05) is 30.3 Å². The van der Waals surface area contributed by atoms with Gasteiger partial charge < -0.3 is 20.9 Å². The summed E-state index contributed by atoms with van der Waals surface area (Å²) < 4.78 is 4.74. The summed E-state index contributed by atoms with van der Waals surface area (Å²) in [7, 11) is 0. The monoisotopic (exact) mass is 280 g/mol. The maximum Gasteiger partial charge on any atom is 0.331 e. The molecule has 6 heteroatoms. The lowest BCUT2D eigenvalue weighted by Gasteiger charge is -2.18. The Kier molecular flexibility index (Phi) is 6.69. The van der Waals surface area contributed by atoms with E-state index in [2.05, 4.69) is 5.32 Å². The largest absolute Gasteiger partial charge is 0.464 e. The second kappa shape index (κ2) is 8.29. The average Bonchev–Trinajstić information content (AvgIpc) is 2.45. The Hall–Kier alpha value is -1.92. The molecule has 0 saturated heterocycles. The Balaban J connectivity index is 2.54. The van der Waals surface area contributed by atoms with Gasteiger partial charge in [-0.2, -0.15) is 0 Å². The molecule has 4 N–H and O–H groups in total. The number of carbonyl (C=O) groups excluding carboxylic acids is 2. The van der Waals surface area contributed by atoms with Crippen molar-refractivity contribution in [1.82, 2.24) is 5.32 Å². The number of amides is 1. The molecule has 0 bridgehead atoms. The van der Waals surface area contributed by atoms with E-state index in [0.717, 1.165) is 5.56 Å². The molecule has 0 unspecified atom stereocenters. The first-order valence-corrected chi connectivity index (χ1v) is 6.45. The van der Waals surface area contributed by atoms with Gasteiger partial charge in [0.2, 0.25) is 5.91 Å². The second-order valence-corrected chi connectivity index (χ2v) is 4.29. The van der Waals surface area contributed by atoms with Crippen LogP contribution in [0.5, 0.6) is 0 Å². The smallest absolute Gasteiger partial charge is 0.331 e. The van der Waals surface area contributed by atoms with Crippen LogP contribution in [-0.2, 0) is 20.7 Å². The van der Waals surface area contributed by atoms with Gasteiger partial charge in [0.15, 0.2) is 6.04 Å². The average molecular weight is 280 g/mol. The van der Waals surface area contributed by atoms with Crippen molar-refractivity contribution in [2.45, 2.75) is 25.4 Å². The predicted molar refractivity (Wildman–Crippen MR) is 73.8 cm³/mol. The van der Waals surface area contributed by atoms with E-state index in [1.807, 2.05) is 30.3 Å². The lowest BCUT2D eigenvalue weighted by molar-refractivity contribution is -0.148. The van der Waals surface area contributed by atoms with Crippen LogP contribution >= 0.6 is 0 Å². The molecule has 1 aromatic rings. The van der Waals surface area contributed by atoms with Crippen molar-refractivity contribution in [2.24, 2.45) is 5.73 Å². The van der Waals surface area contributed by atoms with E-state index in [1.165, 1.54) is 0 Å². The fourth-order valence-corrected chi connectivity index (χ4v) is 1.66. The number of aliphatic hydroxyl groups excluding tert-OH is 1. The molecule has 110 valence electrons. The van der Waals surface area contributed by atoms with Gasteiger partial charge in [0, 0.05) is 0 Å². The van der Waals surface area contributed by atoms with Crippen LogP contribution in [0.3, 0.4) is 0 Å². The summed E-state index contributed by atoms with van der Waals surface area (Å²) in [5.41, 5.74) is 6.70. The molecule has 0 saturated carbocycles. The van der Waals surface area contributed by atoms with Crippen LogP contribution in [0.1, 0.15) is 12.5 Å². The van der Waals surface area contributed by atoms with Crippen LogP contribution in [0.25, 0.3) is 0 Å². The predicted octanol–water partition coefficient (Wildman–Crippen LogP) is -0.403. The number of nitrogens with one attached hydrogen (secondary N) is 1. The van der Waals surface area contributed by atoms with E-state index in [9.17, 15) is 9.59 Å². The first-order valence-electron chi connectivity index (χ1n) is 6.45. The molecular weight excluding hydrogens is 260 g/mol. The Morgan fingerprint density at radius 2 is 2.00 bits per heavy atom. The minimum Gasteiger partial charge on any atom is -0.464 e. The quantitative estimate of drug-likeness (QED) is 0.590. The Morgan fingerprint density at radius 3 is 2.55 bits per heavy atom. The normalized spacial score (nSPS) is 13.3. The van der Waals surface area contributed by atoms with Crippen molar-refractivity contribution in [1.29, 1.82) is 0 Å². The summed E-state index contributed by atoms with van der Waals surface area (Å²) in [6.07, 6.45) is 0.355. The molecule has 2 atom stereocenters. The summed E-state index contributed by atoms with van der Waals surface area (Å²) in [5, 5.41) is 11.5. The van der Waals surface area contributed by atoms with Crippen LogP contribution in [-0.4, -0.2) is 42.3 Å². The summed E-state index contributed by atoms with van der Waals surface area (Å²) in [6, 6.07) is 7.44. The van der Waals surface area contributed by atoms with E-state index in [1.54, 1.807) is 6.92 Å². The number of benzene rings is 1. The van der Waals surface area contributed by atoms with Gasteiger partial charge in [-0.15, -0.1) is 0 Å². The number of carbonyl (C=O) groups is 2. The molecule has 1 aromatic carbocycles. The number of esters is 1. The lowest BCUT2D eigenvalue weighted by atomic mass is 10.1. The molecule has 0 fully saturated rings. The summed E-state index contributed by atoms with van der Waals surface area (Å²) in [6.45, 7) is 1.30. The van der Waals surface area contributed by atoms with Crippen molar-refractivity contribution in [3.63, 3.8) is 0 Å². The van der Waals surface area contributed by atoms with E-state index in [-0.39, 0.29) is 6.61 Å². The molecule has 0 aliphatic heterocycles. The molecule has 6 nitrogen and oxygen atoms in total. The highest BCUT2D eigenvalue weighted by atomic mass is 16.5. The SMILES string of the molecule is CCOC(=O)[C@H](CO)NC(=O)[C@@H](N)Cc1ccccc1. The van der Waals surface area contributed by atoms with Crippen molar-refractivity contribution >= 4 is 11.9 Å². The molecule has 0 spiro atoms. The number of rotatable bonds is 7. The second-order valence-electron chi connectivity index (χ2n) is 4.29. The molecule has 0 aromatic heterocycles. The minimum absolute atomic E-state index is 0.182. The zero-order valence-corrected chi connectivity index (χ0v) is 11.4. The summed E-state index contributed by atoms with van der Waals surface area (Å²) >= 11 is 0. The highest BCUT2D eigenvalue weighted by Crippen LogP contribution is 2.02. The molecule has 20 heavy (non-hydrogen) atoms. The molecule has 0 heterocycles. The zero-order chi connectivity index (χ0) is 15.0. The molecule has 1 rings (SSSR count). The van der Waals surface area contributed by atoms with Gasteiger partial charge in [0.05, 0.1) is 19.3 Å². The fourth-order valence-electron chi connectivity index (χ4n) is 1.66. The Morgan fingerprint density at radius 1 is 1.35 bits per heavy atom.